The molecule has 10 heteroatoms. The third kappa shape index (κ3) is 5.13. The summed E-state index contributed by atoms with van der Waals surface area (Å²) in [5, 5.41) is 13.4. The van der Waals surface area contributed by atoms with Crippen molar-refractivity contribution in [3.63, 3.8) is 0 Å². The molecule has 1 aliphatic rings. The highest BCUT2D eigenvalue weighted by molar-refractivity contribution is 14.1. The maximum absolute atomic E-state index is 12.3. The number of carbonyl (C=O) groups excluding carboxylic acids is 2. The summed E-state index contributed by atoms with van der Waals surface area (Å²) in [6, 6.07) is 9.23. The van der Waals surface area contributed by atoms with Crippen molar-refractivity contribution in [3.8, 4) is 11.5 Å². The lowest BCUT2D eigenvalue weighted by atomic mass is 10.1. The fraction of sp³-hybridized carbons (Fsp3) is 0.238. The minimum atomic E-state index is -0.453. The van der Waals surface area contributed by atoms with Gasteiger partial charge in [-0.15, -0.1) is 0 Å². The summed E-state index contributed by atoms with van der Waals surface area (Å²) in [7, 11) is 0. The second-order valence-corrected chi connectivity index (χ2v) is 7.67. The van der Waals surface area contributed by atoms with E-state index >= 15 is 0 Å². The average molecular weight is 537 g/mol. The van der Waals surface area contributed by atoms with Crippen LogP contribution in [0.15, 0.2) is 42.1 Å². The highest BCUT2D eigenvalue weighted by Gasteiger charge is 2.32. The maximum Gasteiger partial charge on any atom is 0.328 e. The van der Waals surface area contributed by atoms with Gasteiger partial charge in [-0.2, -0.15) is 0 Å². The Balaban J connectivity index is 1.83. The summed E-state index contributed by atoms with van der Waals surface area (Å²) in [5.74, 6) is 0.645. The first-order chi connectivity index (χ1) is 14.8. The van der Waals surface area contributed by atoms with Crippen LogP contribution in [0.2, 0.25) is 0 Å². The molecule has 0 radical (unpaired) electrons. The molecule has 162 valence electrons. The first kappa shape index (κ1) is 22.5. The predicted octanol–water partition coefficient (Wildman–Crippen LogP) is 4.09. The number of hydrogen-bond donors (Lipinski definition) is 1. The Bertz CT molecular complexity index is 1050. The smallest absolute Gasteiger partial charge is 0.328 e. The van der Waals surface area contributed by atoms with Crippen molar-refractivity contribution in [3.05, 3.63) is 66.9 Å². The zero-order chi connectivity index (χ0) is 22.5. The number of imide groups is 1. The molecule has 0 saturated carbocycles. The molecule has 3 amide bonds. The number of halogens is 1. The first-order valence-corrected chi connectivity index (χ1v) is 10.6. The van der Waals surface area contributed by atoms with E-state index in [9.17, 15) is 19.7 Å². The van der Waals surface area contributed by atoms with Gasteiger partial charge in [-0.1, -0.05) is 0 Å². The molecule has 0 aliphatic carbocycles. The largest absolute Gasteiger partial charge is 0.490 e. The Hall–Kier alpha value is -3.15. The van der Waals surface area contributed by atoms with Crippen LogP contribution in [0, 0.1) is 13.7 Å². The van der Waals surface area contributed by atoms with Gasteiger partial charge in [-0.3, -0.25) is 19.8 Å². The number of amides is 3. The van der Waals surface area contributed by atoms with E-state index in [1.165, 1.54) is 12.1 Å². The van der Waals surface area contributed by atoms with Gasteiger partial charge >= 0.3 is 6.03 Å². The molecule has 2 aromatic carbocycles. The van der Waals surface area contributed by atoms with E-state index in [0.29, 0.717) is 30.2 Å². The van der Waals surface area contributed by atoms with E-state index in [4.69, 9.17) is 9.47 Å². The van der Waals surface area contributed by atoms with E-state index in [1.54, 1.807) is 31.2 Å². The Morgan fingerprint density at radius 3 is 2.45 bits per heavy atom. The number of hydrogen-bond acceptors (Lipinski definition) is 6. The molecular weight excluding hydrogens is 517 g/mol. The molecule has 1 N–H and O–H groups in total. The summed E-state index contributed by atoms with van der Waals surface area (Å²) < 4.78 is 12.4. The normalized spacial score (nSPS) is 14.7. The van der Waals surface area contributed by atoms with Crippen LogP contribution in [0.1, 0.15) is 25.0 Å². The lowest BCUT2D eigenvalue weighted by molar-refractivity contribution is -0.384. The van der Waals surface area contributed by atoms with Crippen molar-refractivity contribution in [2.75, 3.05) is 13.2 Å². The third-order valence-electron chi connectivity index (χ3n) is 4.45. The number of nitro benzene ring substituents is 1. The van der Waals surface area contributed by atoms with Gasteiger partial charge in [0.15, 0.2) is 11.5 Å². The molecule has 1 fully saturated rings. The van der Waals surface area contributed by atoms with E-state index < -0.39 is 11.0 Å². The van der Waals surface area contributed by atoms with Crippen molar-refractivity contribution in [2.24, 2.45) is 0 Å². The van der Waals surface area contributed by atoms with Gasteiger partial charge < -0.3 is 14.8 Å². The topological polar surface area (TPSA) is 111 Å². The second kappa shape index (κ2) is 9.77. The molecule has 31 heavy (non-hydrogen) atoms. The number of ether oxygens (including phenoxy) is 2. The van der Waals surface area contributed by atoms with E-state index in [0.717, 1.165) is 14.0 Å². The predicted molar refractivity (Wildman–Crippen MR) is 122 cm³/mol. The van der Waals surface area contributed by atoms with Gasteiger partial charge in [0.2, 0.25) is 0 Å². The zero-order valence-corrected chi connectivity index (χ0v) is 19.0. The molecule has 0 atom stereocenters. The van der Waals surface area contributed by atoms with Crippen LogP contribution in [0.25, 0.3) is 6.08 Å². The molecular formula is C21H20IN3O6. The standard InChI is InChI=1S/C21H20IN3O6/c1-3-24-20(26)17(23-21(24)27)10-14-9-16(22)19(18(11-14)30-4-2)31-12-13-5-7-15(8-6-13)25(28)29/h5-11H,3-4,12H2,1-2H3,(H,23,27)/b17-10+. The second-order valence-electron chi connectivity index (χ2n) is 6.51. The van der Waals surface area contributed by atoms with Crippen LogP contribution >= 0.6 is 22.6 Å². The van der Waals surface area contributed by atoms with Gasteiger partial charge in [-0.25, -0.2) is 4.79 Å². The van der Waals surface area contributed by atoms with Crippen LogP contribution in [-0.4, -0.2) is 34.9 Å². The number of nitrogens with one attached hydrogen (secondary N) is 1. The number of non-ortho nitro benzene ring substituents is 1. The average Bonchev–Trinajstić information content (AvgIpc) is 3.00. The number of nitro groups is 1. The highest BCUT2D eigenvalue weighted by Crippen LogP contribution is 2.35. The number of nitrogens with zero attached hydrogens (tertiary/aromatic N) is 2. The lowest BCUT2D eigenvalue weighted by Crippen LogP contribution is -2.30. The molecule has 3 rings (SSSR count). The molecule has 1 heterocycles. The van der Waals surface area contributed by atoms with Gasteiger partial charge in [-0.05, 0) is 77.9 Å². The monoisotopic (exact) mass is 537 g/mol. The fourth-order valence-corrected chi connectivity index (χ4v) is 3.75. The summed E-state index contributed by atoms with van der Waals surface area (Å²) in [6.07, 6.45) is 1.60. The van der Waals surface area contributed by atoms with E-state index in [2.05, 4.69) is 27.9 Å². The van der Waals surface area contributed by atoms with Crippen molar-refractivity contribution < 1.29 is 24.0 Å². The van der Waals surface area contributed by atoms with Crippen molar-refractivity contribution in [1.29, 1.82) is 0 Å². The minimum Gasteiger partial charge on any atom is -0.490 e. The van der Waals surface area contributed by atoms with Crippen LogP contribution in [-0.2, 0) is 11.4 Å². The fourth-order valence-electron chi connectivity index (χ4n) is 2.97. The SMILES string of the molecule is CCOc1cc(/C=C2/NC(=O)N(CC)C2=O)cc(I)c1OCc1ccc([N+](=O)[O-])cc1. The molecule has 0 aromatic heterocycles. The van der Waals surface area contributed by atoms with Gasteiger partial charge in [0.25, 0.3) is 11.6 Å². The van der Waals surface area contributed by atoms with E-state index in [1.807, 2.05) is 13.0 Å². The van der Waals surface area contributed by atoms with Crippen LogP contribution < -0.4 is 14.8 Å². The number of urea groups is 1. The van der Waals surface area contributed by atoms with Crippen molar-refractivity contribution in [1.82, 2.24) is 10.2 Å². The maximum atomic E-state index is 12.3. The Morgan fingerprint density at radius 1 is 1.16 bits per heavy atom. The Labute approximate surface area is 192 Å². The molecule has 1 aliphatic heterocycles. The third-order valence-corrected chi connectivity index (χ3v) is 5.25. The molecule has 0 spiro atoms. The Kier molecular flexibility index (Phi) is 7.10. The molecule has 0 unspecified atom stereocenters. The summed E-state index contributed by atoms with van der Waals surface area (Å²) in [5.41, 5.74) is 1.66. The van der Waals surface area contributed by atoms with Crippen LogP contribution in [0.5, 0.6) is 11.5 Å². The van der Waals surface area contributed by atoms with Gasteiger partial charge in [0, 0.05) is 18.7 Å². The number of likely N-dealkylation sites (N-methyl/N-ethyl adjacent to an activating group) is 1. The number of benzene rings is 2. The summed E-state index contributed by atoms with van der Waals surface area (Å²) in [4.78, 5) is 35.6. The summed E-state index contributed by atoms with van der Waals surface area (Å²) in [6.45, 7) is 4.47. The van der Waals surface area contributed by atoms with Crippen molar-refractivity contribution in [2.45, 2.75) is 20.5 Å². The quantitative estimate of drug-likeness (QED) is 0.179. The van der Waals surface area contributed by atoms with Crippen LogP contribution in [0.4, 0.5) is 10.5 Å². The van der Waals surface area contributed by atoms with Crippen LogP contribution in [0.3, 0.4) is 0 Å². The Morgan fingerprint density at radius 2 is 1.87 bits per heavy atom. The lowest BCUT2D eigenvalue weighted by Gasteiger charge is -2.15. The zero-order valence-electron chi connectivity index (χ0n) is 16.9. The van der Waals surface area contributed by atoms with Gasteiger partial charge in [0.05, 0.1) is 15.1 Å². The van der Waals surface area contributed by atoms with Gasteiger partial charge in [0.1, 0.15) is 12.3 Å². The number of carbonyl (C=O) groups is 2. The first-order valence-electron chi connectivity index (χ1n) is 9.51. The summed E-state index contributed by atoms with van der Waals surface area (Å²) >= 11 is 2.11. The molecule has 0 bridgehead atoms. The molecule has 2 aromatic rings. The highest BCUT2D eigenvalue weighted by atomic mass is 127. The number of rotatable bonds is 8. The molecule has 1 saturated heterocycles. The minimum absolute atomic E-state index is 0.0147. The van der Waals surface area contributed by atoms with E-state index in [-0.39, 0.29) is 23.9 Å². The molecule has 9 nitrogen and oxygen atoms in total. The van der Waals surface area contributed by atoms with Crippen molar-refractivity contribution >= 4 is 46.3 Å².